The van der Waals surface area contributed by atoms with Crippen LogP contribution in [-0.4, -0.2) is 13.1 Å². The summed E-state index contributed by atoms with van der Waals surface area (Å²) in [6.45, 7) is 5.75. The first kappa shape index (κ1) is 10.8. The molecule has 0 saturated carbocycles. The summed E-state index contributed by atoms with van der Waals surface area (Å²) in [6, 6.07) is 7.92. The molecule has 0 unspecified atom stereocenters. The van der Waals surface area contributed by atoms with Crippen molar-refractivity contribution in [3.05, 3.63) is 35.4 Å². The van der Waals surface area contributed by atoms with Crippen molar-refractivity contribution >= 4 is 5.97 Å². The molecule has 0 aliphatic carbocycles. The Balaban J connectivity index is 3.09. The maximum absolute atomic E-state index is 11.5. The van der Waals surface area contributed by atoms with E-state index in [1.165, 1.54) is 7.11 Å². The van der Waals surface area contributed by atoms with Crippen LogP contribution < -0.4 is 0 Å². The summed E-state index contributed by atoms with van der Waals surface area (Å²) < 4.78 is 4.77. The summed E-state index contributed by atoms with van der Waals surface area (Å²) in [4.78, 5) is 11.5. The summed E-state index contributed by atoms with van der Waals surface area (Å²) in [5.74, 6) is -0.205. The molecule has 2 heteroatoms. The molecule has 0 aliphatic heterocycles. The number of hydrogen-bond acceptors (Lipinski definition) is 2. The van der Waals surface area contributed by atoms with Gasteiger partial charge in [-0.05, 0) is 26.3 Å². The predicted octanol–water partition coefficient (Wildman–Crippen LogP) is 2.45. The molecule has 1 aromatic rings. The molecule has 1 aromatic carbocycles. The number of benzene rings is 1. The largest absolute Gasteiger partial charge is 0.468 e. The Kier molecular flexibility index (Phi) is 2.94. The van der Waals surface area contributed by atoms with Crippen molar-refractivity contribution in [3.63, 3.8) is 0 Å². The number of ether oxygens (including phenoxy) is 1. The highest BCUT2D eigenvalue weighted by Gasteiger charge is 2.30. The highest BCUT2D eigenvalue weighted by atomic mass is 16.5. The standard InChI is InChI=1S/C12H16O2/c1-9-6-5-7-10(8-9)12(2,3)11(13)14-4/h5-8H,1-4H3. The molecule has 0 aromatic heterocycles. The molecule has 14 heavy (non-hydrogen) atoms. The fraction of sp³-hybridized carbons (Fsp3) is 0.417. The van der Waals surface area contributed by atoms with Gasteiger partial charge in [0.1, 0.15) is 0 Å². The van der Waals surface area contributed by atoms with E-state index >= 15 is 0 Å². The Morgan fingerprint density at radius 1 is 1.36 bits per heavy atom. The van der Waals surface area contributed by atoms with Crippen LogP contribution in [0.5, 0.6) is 0 Å². The lowest BCUT2D eigenvalue weighted by Crippen LogP contribution is -2.30. The molecular weight excluding hydrogens is 176 g/mol. The van der Waals surface area contributed by atoms with Gasteiger partial charge in [-0.3, -0.25) is 4.79 Å². The Morgan fingerprint density at radius 3 is 2.50 bits per heavy atom. The summed E-state index contributed by atoms with van der Waals surface area (Å²) in [5, 5.41) is 0. The average Bonchev–Trinajstić information content (AvgIpc) is 2.16. The Labute approximate surface area is 84.9 Å². The lowest BCUT2D eigenvalue weighted by molar-refractivity contribution is -0.146. The first-order valence-corrected chi connectivity index (χ1v) is 4.64. The van der Waals surface area contributed by atoms with Gasteiger partial charge in [0.15, 0.2) is 0 Å². The van der Waals surface area contributed by atoms with Crippen LogP contribution in [0.4, 0.5) is 0 Å². The summed E-state index contributed by atoms with van der Waals surface area (Å²) in [7, 11) is 1.42. The molecular formula is C12H16O2. The SMILES string of the molecule is COC(=O)C(C)(C)c1cccc(C)c1. The monoisotopic (exact) mass is 192 g/mol. The third kappa shape index (κ3) is 1.95. The van der Waals surface area contributed by atoms with Crippen molar-refractivity contribution in [1.29, 1.82) is 0 Å². The number of hydrogen-bond donors (Lipinski definition) is 0. The smallest absolute Gasteiger partial charge is 0.315 e. The second-order valence-corrected chi connectivity index (χ2v) is 3.99. The van der Waals surface area contributed by atoms with Crippen molar-refractivity contribution in [2.45, 2.75) is 26.2 Å². The second-order valence-electron chi connectivity index (χ2n) is 3.99. The van der Waals surface area contributed by atoms with Crippen molar-refractivity contribution in [1.82, 2.24) is 0 Å². The number of aryl methyl sites for hydroxylation is 1. The first-order valence-electron chi connectivity index (χ1n) is 4.64. The molecule has 0 saturated heterocycles. The zero-order valence-electron chi connectivity index (χ0n) is 9.13. The molecule has 0 fully saturated rings. The normalized spacial score (nSPS) is 11.1. The minimum atomic E-state index is -0.569. The quantitative estimate of drug-likeness (QED) is 0.673. The molecule has 0 N–H and O–H groups in total. The Hall–Kier alpha value is -1.31. The minimum absolute atomic E-state index is 0.205. The molecule has 1 rings (SSSR count). The van der Waals surface area contributed by atoms with E-state index in [0.29, 0.717) is 0 Å². The molecule has 2 nitrogen and oxygen atoms in total. The number of carbonyl (C=O) groups excluding carboxylic acids is 1. The number of esters is 1. The summed E-state index contributed by atoms with van der Waals surface area (Å²) >= 11 is 0. The third-order valence-electron chi connectivity index (χ3n) is 2.44. The lowest BCUT2D eigenvalue weighted by atomic mass is 9.84. The van der Waals surface area contributed by atoms with Crippen LogP contribution in [0.2, 0.25) is 0 Å². The molecule has 0 spiro atoms. The van der Waals surface area contributed by atoms with Crippen LogP contribution in [0.25, 0.3) is 0 Å². The molecule has 0 heterocycles. The van der Waals surface area contributed by atoms with Gasteiger partial charge >= 0.3 is 5.97 Å². The van der Waals surface area contributed by atoms with Crippen LogP contribution in [0.1, 0.15) is 25.0 Å². The third-order valence-corrected chi connectivity index (χ3v) is 2.44. The zero-order chi connectivity index (χ0) is 10.8. The first-order chi connectivity index (χ1) is 6.48. The number of carbonyl (C=O) groups is 1. The molecule has 0 aliphatic rings. The van der Waals surface area contributed by atoms with Gasteiger partial charge in [0.2, 0.25) is 0 Å². The van der Waals surface area contributed by atoms with Crippen molar-refractivity contribution < 1.29 is 9.53 Å². The minimum Gasteiger partial charge on any atom is -0.468 e. The van der Waals surface area contributed by atoms with Gasteiger partial charge in [-0.2, -0.15) is 0 Å². The topological polar surface area (TPSA) is 26.3 Å². The van der Waals surface area contributed by atoms with E-state index < -0.39 is 5.41 Å². The van der Waals surface area contributed by atoms with Crippen molar-refractivity contribution in [3.8, 4) is 0 Å². The van der Waals surface area contributed by atoms with Gasteiger partial charge in [-0.25, -0.2) is 0 Å². The van der Waals surface area contributed by atoms with Crippen LogP contribution in [-0.2, 0) is 14.9 Å². The van der Waals surface area contributed by atoms with Gasteiger partial charge in [0.25, 0.3) is 0 Å². The zero-order valence-corrected chi connectivity index (χ0v) is 9.13. The molecule has 0 bridgehead atoms. The lowest BCUT2D eigenvalue weighted by Gasteiger charge is -2.22. The fourth-order valence-electron chi connectivity index (χ4n) is 1.41. The van der Waals surface area contributed by atoms with E-state index in [1.807, 2.05) is 45.0 Å². The number of rotatable bonds is 2. The van der Waals surface area contributed by atoms with Gasteiger partial charge in [0.05, 0.1) is 12.5 Å². The second kappa shape index (κ2) is 3.82. The number of methoxy groups -OCH3 is 1. The van der Waals surface area contributed by atoms with E-state index in [0.717, 1.165) is 11.1 Å². The predicted molar refractivity (Wildman–Crippen MR) is 56.2 cm³/mol. The van der Waals surface area contributed by atoms with Gasteiger partial charge in [-0.15, -0.1) is 0 Å². The van der Waals surface area contributed by atoms with Crippen LogP contribution in [0.3, 0.4) is 0 Å². The maximum Gasteiger partial charge on any atom is 0.315 e. The van der Waals surface area contributed by atoms with Gasteiger partial charge < -0.3 is 4.74 Å². The van der Waals surface area contributed by atoms with Crippen LogP contribution >= 0.6 is 0 Å². The molecule has 0 radical (unpaired) electrons. The molecule has 0 amide bonds. The van der Waals surface area contributed by atoms with Gasteiger partial charge in [0, 0.05) is 0 Å². The maximum atomic E-state index is 11.5. The fourth-order valence-corrected chi connectivity index (χ4v) is 1.41. The van der Waals surface area contributed by atoms with E-state index in [2.05, 4.69) is 0 Å². The van der Waals surface area contributed by atoms with E-state index in [-0.39, 0.29) is 5.97 Å². The van der Waals surface area contributed by atoms with Crippen molar-refractivity contribution in [2.75, 3.05) is 7.11 Å². The van der Waals surface area contributed by atoms with Crippen LogP contribution in [0.15, 0.2) is 24.3 Å². The van der Waals surface area contributed by atoms with Crippen LogP contribution in [0, 0.1) is 6.92 Å². The van der Waals surface area contributed by atoms with E-state index in [4.69, 9.17) is 4.74 Å². The Bertz CT molecular complexity index is 340. The van der Waals surface area contributed by atoms with E-state index in [1.54, 1.807) is 0 Å². The highest BCUT2D eigenvalue weighted by molar-refractivity contribution is 5.82. The summed E-state index contributed by atoms with van der Waals surface area (Å²) in [6.07, 6.45) is 0. The highest BCUT2D eigenvalue weighted by Crippen LogP contribution is 2.24. The van der Waals surface area contributed by atoms with E-state index in [9.17, 15) is 4.79 Å². The molecule has 0 atom stereocenters. The van der Waals surface area contributed by atoms with Gasteiger partial charge in [-0.1, -0.05) is 29.8 Å². The Morgan fingerprint density at radius 2 is 2.00 bits per heavy atom. The summed E-state index contributed by atoms with van der Waals surface area (Å²) in [5.41, 5.74) is 1.57. The average molecular weight is 192 g/mol. The molecule has 76 valence electrons. The van der Waals surface area contributed by atoms with Crippen molar-refractivity contribution in [2.24, 2.45) is 0 Å².